The van der Waals surface area contributed by atoms with Gasteiger partial charge in [-0.3, -0.25) is 14.4 Å². The summed E-state index contributed by atoms with van der Waals surface area (Å²) in [4.78, 5) is 38.3. The Morgan fingerprint density at radius 1 is 0.282 bits per heavy atom. The van der Waals surface area contributed by atoms with Crippen molar-refractivity contribution in [3.8, 4) is 0 Å². The topological polar surface area (TPSA) is 78.9 Å². The van der Waals surface area contributed by atoms with Gasteiger partial charge in [-0.2, -0.15) is 0 Å². The van der Waals surface area contributed by atoms with Gasteiger partial charge in [-0.25, -0.2) is 0 Å². The highest BCUT2D eigenvalue weighted by atomic mass is 16.6. The fourth-order valence-electron chi connectivity index (χ4n) is 10.0. The molecular weight excluding hydrogens is 877 g/mol. The molecule has 1 unspecified atom stereocenters. The average Bonchev–Trinajstić information content (AvgIpc) is 3.35. The van der Waals surface area contributed by atoms with Crippen LogP contribution >= 0.6 is 0 Å². The summed E-state index contributed by atoms with van der Waals surface area (Å²) in [5, 5.41) is 0. The van der Waals surface area contributed by atoms with E-state index in [1.165, 1.54) is 244 Å². The molecule has 0 aliphatic rings. The van der Waals surface area contributed by atoms with Crippen LogP contribution in [0.25, 0.3) is 0 Å². The molecule has 0 radical (unpaired) electrons. The Labute approximate surface area is 444 Å². The molecule has 0 heterocycles. The van der Waals surface area contributed by atoms with E-state index in [2.05, 4.69) is 41.5 Å². The second-order valence-electron chi connectivity index (χ2n) is 23.6. The molecule has 0 aliphatic heterocycles. The number of carbonyl (C=O) groups excluding carboxylic acids is 3. The van der Waals surface area contributed by atoms with E-state index >= 15 is 0 Å². The second-order valence-corrected chi connectivity index (χ2v) is 23.6. The van der Waals surface area contributed by atoms with Crippen molar-refractivity contribution in [1.82, 2.24) is 0 Å². The largest absolute Gasteiger partial charge is 0.462 e. The Kier molecular flexibility index (Phi) is 54.9. The molecule has 0 aromatic heterocycles. The van der Waals surface area contributed by atoms with Crippen LogP contribution in [0.4, 0.5) is 0 Å². The number of rotatable bonds is 58. The predicted octanol–water partition coefficient (Wildman–Crippen LogP) is 21.5. The molecule has 422 valence electrons. The maximum absolute atomic E-state index is 12.9. The number of ether oxygens (including phenoxy) is 3. The highest BCUT2D eigenvalue weighted by Gasteiger charge is 2.19. The van der Waals surface area contributed by atoms with Gasteiger partial charge in [0.05, 0.1) is 0 Å². The summed E-state index contributed by atoms with van der Waals surface area (Å²) < 4.78 is 17.0. The lowest BCUT2D eigenvalue weighted by Gasteiger charge is -2.18. The van der Waals surface area contributed by atoms with Crippen molar-refractivity contribution >= 4 is 17.9 Å². The molecule has 6 nitrogen and oxygen atoms in total. The maximum Gasteiger partial charge on any atom is 0.306 e. The van der Waals surface area contributed by atoms with Crippen LogP contribution in [0.15, 0.2) is 0 Å². The quantitative estimate of drug-likeness (QED) is 0.0343. The molecule has 2 atom stereocenters. The van der Waals surface area contributed by atoms with E-state index in [9.17, 15) is 14.4 Å². The molecule has 0 aromatic carbocycles. The minimum Gasteiger partial charge on any atom is -0.462 e. The van der Waals surface area contributed by atoms with Crippen LogP contribution in [-0.4, -0.2) is 37.2 Å². The van der Waals surface area contributed by atoms with Gasteiger partial charge in [0.2, 0.25) is 0 Å². The number of carbonyl (C=O) groups is 3. The highest BCUT2D eigenvalue weighted by molar-refractivity contribution is 5.71. The van der Waals surface area contributed by atoms with Gasteiger partial charge in [0, 0.05) is 19.3 Å². The van der Waals surface area contributed by atoms with Crippen molar-refractivity contribution in [3.05, 3.63) is 0 Å². The van der Waals surface area contributed by atoms with E-state index < -0.39 is 6.10 Å². The van der Waals surface area contributed by atoms with Crippen molar-refractivity contribution in [2.45, 2.75) is 369 Å². The van der Waals surface area contributed by atoms with E-state index in [1.54, 1.807) is 0 Å². The van der Waals surface area contributed by atoms with Crippen LogP contribution in [-0.2, 0) is 28.6 Å². The van der Waals surface area contributed by atoms with Crippen LogP contribution in [0.5, 0.6) is 0 Å². The van der Waals surface area contributed by atoms with Crippen LogP contribution in [0.3, 0.4) is 0 Å². The molecule has 71 heavy (non-hydrogen) atoms. The molecule has 0 saturated carbocycles. The number of hydrogen-bond acceptors (Lipinski definition) is 6. The second kappa shape index (κ2) is 56.1. The van der Waals surface area contributed by atoms with Crippen LogP contribution < -0.4 is 0 Å². The van der Waals surface area contributed by atoms with Gasteiger partial charge in [0.1, 0.15) is 13.2 Å². The molecule has 0 rings (SSSR count). The van der Waals surface area contributed by atoms with Crippen LogP contribution in [0, 0.1) is 17.8 Å². The number of esters is 3. The Balaban J connectivity index is 4.29. The fraction of sp³-hybridized carbons (Fsp3) is 0.954. The Morgan fingerprint density at radius 3 is 0.732 bits per heavy atom. The van der Waals surface area contributed by atoms with Gasteiger partial charge in [-0.05, 0) is 37.0 Å². The first kappa shape index (κ1) is 69.4. The van der Waals surface area contributed by atoms with Gasteiger partial charge in [-0.15, -0.1) is 0 Å². The third-order valence-electron chi connectivity index (χ3n) is 15.3. The van der Waals surface area contributed by atoms with Gasteiger partial charge < -0.3 is 14.2 Å². The van der Waals surface area contributed by atoms with Gasteiger partial charge in [0.25, 0.3) is 0 Å². The zero-order chi connectivity index (χ0) is 51.9. The molecule has 6 heteroatoms. The van der Waals surface area contributed by atoms with E-state index in [-0.39, 0.29) is 31.1 Å². The maximum atomic E-state index is 12.9. The summed E-state index contributed by atoms with van der Waals surface area (Å²) in [5.41, 5.74) is 0. The molecule has 0 bridgehead atoms. The SMILES string of the molecule is CCC(C)CCCCCCCCCCCCCCCCC(=O)OC[C@@H](COC(=O)CCCCCCCCCCCCCCCCCCC(C)C)OC(=O)CCCCCCCCCCCCCCCC(C)C. The van der Waals surface area contributed by atoms with Crippen LogP contribution in [0.1, 0.15) is 363 Å². The Bertz CT molecular complexity index is 1100. The lowest BCUT2D eigenvalue weighted by Crippen LogP contribution is -2.30. The molecular formula is C65H126O6. The smallest absolute Gasteiger partial charge is 0.306 e. The first-order valence-corrected chi connectivity index (χ1v) is 32.1. The van der Waals surface area contributed by atoms with Crippen molar-refractivity contribution in [2.75, 3.05) is 13.2 Å². The Hall–Kier alpha value is -1.59. The van der Waals surface area contributed by atoms with E-state index in [4.69, 9.17) is 14.2 Å². The van der Waals surface area contributed by atoms with Crippen molar-refractivity contribution in [2.24, 2.45) is 17.8 Å². The van der Waals surface area contributed by atoms with Crippen LogP contribution in [0.2, 0.25) is 0 Å². The summed E-state index contributed by atoms with van der Waals surface area (Å²) in [5.74, 6) is 1.75. The summed E-state index contributed by atoms with van der Waals surface area (Å²) in [6.07, 6.45) is 60.9. The summed E-state index contributed by atoms with van der Waals surface area (Å²) >= 11 is 0. The molecule has 0 N–H and O–H groups in total. The molecule has 0 amide bonds. The molecule has 0 spiro atoms. The average molecular weight is 1000 g/mol. The predicted molar refractivity (Wildman–Crippen MR) is 307 cm³/mol. The first-order valence-electron chi connectivity index (χ1n) is 32.1. The number of hydrogen-bond donors (Lipinski definition) is 0. The van der Waals surface area contributed by atoms with Gasteiger partial charge >= 0.3 is 17.9 Å². The minimum absolute atomic E-state index is 0.0626. The minimum atomic E-state index is -0.765. The third kappa shape index (κ3) is 57.5. The summed E-state index contributed by atoms with van der Waals surface area (Å²) in [6.45, 7) is 13.8. The molecule has 0 aliphatic carbocycles. The molecule has 0 fully saturated rings. The third-order valence-corrected chi connectivity index (χ3v) is 15.3. The standard InChI is InChI=1S/C65H126O6/c1-7-61(6)53-47-41-35-29-23-17-12-13-19-25-31-37-43-49-55-64(67)70-58-62(71-65(68)56-50-44-38-32-26-20-14-16-22-28-34-40-46-52-60(4)5)57-69-63(66)54-48-42-36-30-24-18-11-9-8-10-15-21-27-33-39-45-51-59(2)3/h59-62H,7-58H2,1-6H3/t61?,62-/m1/s1. The van der Waals surface area contributed by atoms with Gasteiger partial charge in [-0.1, -0.05) is 324 Å². The lowest BCUT2D eigenvalue weighted by molar-refractivity contribution is -0.167. The molecule has 0 saturated heterocycles. The lowest BCUT2D eigenvalue weighted by atomic mass is 9.99. The first-order chi connectivity index (χ1) is 34.6. The highest BCUT2D eigenvalue weighted by Crippen LogP contribution is 2.19. The number of unbranched alkanes of at least 4 members (excludes halogenated alkanes) is 40. The zero-order valence-electron chi connectivity index (χ0n) is 49.0. The molecule has 0 aromatic rings. The van der Waals surface area contributed by atoms with Crippen molar-refractivity contribution in [1.29, 1.82) is 0 Å². The zero-order valence-corrected chi connectivity index (χ0v) is 49.0. The van der Waals surface area contributed by atoms with E-state index in [1.807, 2.05) is 0 Å². The Morgan fingerprint density at radius 2 is 0.493 bits per heavy atom. The van der Waals surface area contributed by atoms with Crippen molar-refractivity contribution in [3.63, 3.8) is 0 Å². The van der Waals surface area contributed by atoms with Crippen molar-refractivity contribution < 1.29 is 28.6 Å². The normalized spacial score (nSPS) is 12.5. The van der Waals surface area contributed by atoms with E-state index in [0.29, 0.717) is 19.3 Å². The fourth-order valence-corrected chi connectivity index (χ4v) is 10.0. The van der Waals surface area contributed by atoms with E-state index in [0.717, 1.165) is 75.5 Å². The summed E-state index contributed by atoms with van der Waals surface area (Å²) in [7, 11) is 0. The van der Waals surface area contributed by atoms with Gasteiger partial charge in [0.15, 0.2) is 6.10 Å². The monoisotopic (exact) mass is 1000 g/mol. The summed E-state index contributed by atoms with van der Waals surface area (Å²) in [6, 6.07) is 0.